The van der Waals surface area contributed by atoms with E-state index in [1.54, 1.807) is 13.3 Å². The molecule has 0 saturated carbocycles. The molecule has 0 aliphatic rings. The molecule has 0 spiro atoms. The van der Waals surface area contributed by atoms with E-state index in [2.05, 4.69) is 39.7 Å². The molecule has 6 heteroatoms. The molecule has 0 fully saturated rings. The van der Waals surface area contributed by atoms with Crippen molar-refractivity contribution in [2.75, 3.05) is 24.3 Å². The van der Waals surface area contributed by atoms with Gasteiger partial charge in [0.15, 0.2) is 5.82 Å². The van der Waals surface area contributed by atoms with E-state index in [1.807, 2.05) is 24.3 Å². The molecular weight excluding hydrogens is 254 g/mol. The molecule has 1 heterocycles. The number of nitrogens with zero attached hydrogens (tertiary/aromatic N) is 3. The normalized spacial score (nSPS) is 10.4. The predicted octanol–water partition coefficient (Wildman–Crippen LogP) is 2.69. The molecule has 6 nitrogen and oxygen atoms in total. The van der Waals surface area contributed by atoms with Gasteiger partial charge in [0.05, 0.1) is 13.3 Å². The summed E-state index contributed by atoms with van der Waals surface area (Å²) in [5.74, 6) is 2.47. The van der Waals surface area contributed by atoms with Gasteiger partial charge in [-0.3, -0.25) is 0 Å². The molecule has 0 saturated heterocycles. The van der Waals surface area contributed by atoms with E-state index in [9.17, 15) is 0 Å². The predicted molar refractivity (Wildman–Crippen MR) is 79.4 cm³/mol. The summed E-state index contributed by atoms with van der Waals surface area (Å²) >= 11 is 0. The highest BCUT2D eigenvalue weighted by Gasteiger charge is 2.02. The summed E-state index contributed by atoms with van der Waals surface area (Å²) in [5, 5.41) is 14.2. The third-order valence-corrected chi connectivity index (χ3v) is 2.57. The second-order valence-corrected chi connectivity index (χ2v) is 4.80. The zero-order valence-electron chi connectivity index (χ0n) is 11.9. The summed E-state index contributed by atoms with van der Waals surface area (Å²) in [6, 6.07) is 7.63. The molecule has 0 aliphatic heterocycles. The van der Waals surface area contributed by atoms with Crippen LogP contribution in [0.2, 0.25) is 0 Å². The standard InChI is InChI=1S/C14H19N5O/c1-10(2)8-15-14-18-13(9-16-19-14)17-11-5-4-6-12(7-11)20-3/h4-7,9-10H,8H2,1-3H3,(H2,15,17,18,19). The van der Waals surface area contributed by atoms with Gasteiger partial charge in [-0.05, 0) is 18.1 Å². The molecule has 106 valence electrons. The van der Waals surface area contributed by atoms with Crippen LogP contribution in [0, 0.1) is 5.92 Å². The van der Waals surface area contributed by atoms with E-state index in [0.717, 1.165) is 18.0 Å². The number of nitrogens with one attached hydrogen (secondary N) is 2. The van der Waals surface area contributed by atoms with Crippen molar-refractivity contribution in [3.05, 3.63) is 30.5 Å². The summed E-state index contributed by atoms with van der Waals surface area (Å²) in [7, 11) is 1.64. The molecule has 2 N–H and O–H groups in total. The van der Waals surface area contributed by atoms with Crippen molar-refractivity contribution in [3.8, 4) is 5.75 Å². The summed E-state index contributed by atoms with van der Waals surface area (Å²) < 4.78 is 5.18. The maximum Gasteiger partial charge on any atom is 0.244 e. The molecule has 0 amide bonds. The Balaban J connectivity index is 2.06. The van der Waals surface area contributed by atoms with Crippen LogP contribution in [0.4, 0.5) is 17.5 Å². The van der Waals surface area contributed by atoms with E-state index in [-0.39, 0.29) is 0 Å². The highest BCUT2D eigenvalue weighted by Crippen LogP contribution is 2.20. The lowest BCUT2D eigenvalue weighted by molar-refractivity contribution is 0.415. The number of benzene rings is 1. The Bertz CT molecular complexity index is 559. The molecule has 20 heavy (non-hydrogen) atoms. The zero-order chi connectivity index (χ0) is 14.4. The summed E-state index contributed by atoms with van der Waals surface area (Å²) in [6.45, 7) is 5.06. The SMILES string of the molecule is COc1cccc(Nc2cnnc(NCC(C)C)n2)c1. The van der Waals surface area contributed by atoms with Crippen LogP contribution < -0.4 is 15.4 Å². The Morgan fingerprint density at radius 2 is 2.15 bits per heavy atom. The molecule has 0 unspecified atom stereocenters. The molecule has 1 aromatic heterocycles. The Hall–Kier alpha value is -2.37. The minimum atomic E-state index is 0.520. The maximum atomic E-state index is 5.18. The lowest BCUT2D eigenvalue weighted by Crippen LogP contribution is -2.11. The van der Waals surface area contributed by atoms with E-state index < -0.39 is 0 Å². The van der Waals surface area contributed by atoms with Gasteiger partial charge in [-0.1, -0.05) is 19.9 Å². The first-order valence-corrected chi connectivity index (χ1v) is 6.52. The molecule has 0 bridgehead atoms. The fraction of sp³-hybridized carbons (Fsp3) is 0.357. The fourth-order valence-corrected chi connectivity index (χ4v) is 1.58. The molecule has 2 rings (SSSR count). The molecule has 1 aromatic carbocycles. The summed E-state index contributed by atoms with van der Waals surface area (Å²) in [5.41, 5.74) is 0.889. The number of ether oxygens (including phenoxy) is 1. The van der Waals surface area contributed by atoms with Crippen molar-refractivity contribution in [3.63, 3.8) is 0 Å². The average Bonchev–Trinajstić information content (AvgIpc) is 2.46. The van der Waals surface area contributed by atoms with Crippen molar-refractivity contribution in [1.29, 1.82) is 0 Å². The fourth-order valence-electron chi connectivity index (χ4n) is 1.58. The van der Waals surface area contributed by atoms with Gasteiger partial charge in [0.2, 0.25) is 5.95 Å². The maximum absolute atomic E-state index is 5.18. The first kappa shape index (κ1) is 14.0. The third kappa shape index (κ3) is 4.08. The monoisotopic (exact) mass is 273 g/mol. The Kier molecular flexibility index (Phi) is 4.70. The largest absolute Gasteiger partial charge is 0.497 e. The van der Waals surface area contributed by atoms with Gasteiger partial charge in [0, 0.05) is 18.3 Å². The number of rotatable bonds is 6. The van der Waals surface area contributed by atoms with Crippen LogP contribution >= 0.6 is 0 Å². The van der Waals surface area contributed by atoms with Gasteiger partial charge in [0.1, 0.15) is 5.75 Å². The molecule has 0 radical (unpaired) electrons. The van der Waals surface area contributed by atoms with Crippen LogP contribution in [0.5, 0.6) is 5.75 Å². The van der Waals surface area contributed by atoms with E-state index >= 15 is 0 Å². The Labute approximate surface area is 118 Å². The first-order chi connectivity index (χ1) is 9.67. The number of anilines is 3. The van der Waals surface area contributed by atoms with Crippen molar-refractivity contribution < 1.29 is 4.74 Å². The van der Waals surface area contributed by atoms with Gasteiger partial charge in [-0.25, -0.2) is 0 Å². The second kappa shape index (κ2) is 6.70. The van der Waals surface area contributed by atoms with Crippen LogP contribution in [0.15, 0.2) is 30.5 Å². The number of hydrogen-bond acceptors (Lipinski definition) is 6. The van der Waals surface area contributed by atoms with Crippen molar-refractivity contribution >= 4 is 17.5 Å². The van der Waals surface area contributed by atoms with Gasteiger partial charge < -0.3 is 15.4 Å². The van der Waals surface area contributed by atoms with Crippen LogP contribution in [0.1, 0.15) is 13.8 Å². The topological polar surface area (TPSA) is 72.0 Å². The second-order valence-electron chi connectivity index (χ2n) is 4.80. The molecular formula is C14H19N5O. The highest BCUT2D eigenvalue weighted by molar-refractivity contribution is 5.58. The van der Waals surface area contributed by atoms with E-state index in [4.69, 9.17) is 4.74 Å². The number of aromatic nitrogens is 3. The number of methoxy groups -OCH3 is 1. The van der Waals surface area contributed by atoms with Gasteiger partial charge in [0.25, 0.3) is 0 Å². The van der Waals surface area contributed by atoms with Gasteiger partial charge >= 0.3 is 0 Å². The molecule has 2 aromatic rings. The molecule has 0 atom stereocenters. The lowest BCUT2D eigenvalue weighted by atomic mass is 10.2. The van der Waals surface area contributed by atoms with Crippen LogP contribution in [0.25, 0.3) is 0 Å². The smallest absolute Gasteiger partial charge is 0.244 e. The lowest BCUT2D eigenvalue weighted by Gasteiger charge is -2.09. The third-order valence-electron chi connectivity index (χ3n) is 2.57. The highest BCUT2D eigenvalue weighted by atomic mass is 16.5. The van der Waals surface area contributed by atoms with Crippen LogP contribution in [-0.2, 0) is 0 Å². The van der Waals surface area contributed by atoms with Crippen molar-refractivity contribution in [2.45, 2.75) is 13.8 Å². The van der Waals surface area contributed by atoms with Crippen molar-refractivity contribution in [1.82, 2.24) is 15.2 Å². The Morgan fingerprint density at radius 3 is 2.90 bits per heavy atom. The van der Waals surface area contributed by atoms with Crippen molar-refractivity contribution in [2.24, 2.45) is 5.92 Å². The van der Waals surface area contributed by atoms with Gasteiger partial charge in [-0.15, -0.1) is 5.10 Å². The minimum Gasteiger partial charge on any atom is -0.497 e. The molecule has 0 aliphatic carbocycles. The Morgan fingerprint density at radius 1 is 1.30 bits per heavy atom. The minimum absolute atomic E-state index is 0.520. The zero-order valence-corrected chi connectivity index (χ0v) is 11.9. The van der Waals surface area contributed by atoms with Crippen LogP contribution in [0.3, 0.4) is 0 Å². The first-order valence-electron chi connectivity index (χ1n) is 6.52. The summed E-state index contributed by atoms with van der Waals surface area (Å²) in [4.78, 5) is 4.36. The van der Waals surface area contributed by atoms with Crippen LogP contribution in [-0.4, -0.2) is 28.8 Å². The van der Waals surface area contributed by atoms with Gasteiger partial charge in [-0.2, -0.15) is 10.1 Å². The van der Waals surface area contributed by atoms with E-state index in [0.29, 0.717) is 17.7 Å². The number of hydrogen-bond donors (Lipinski definition) is 2. The van der Waals surface area contributed by atoms with E-state index in [1.165, 1.54) is 0 Å². The quantitative estimate of drug-likeness (QED) is 0.843. The summed E-state index contributed by atoms with van der Waals surface area (Å²) in [6.07, 6.45) is 1.58. The average molecular weight is 273 g/mol.